The number of hydrogen-bond acceptors (Lipinski definition) is 1. The van der Waals surface area contributed by atoms with E-state index in [9.17, 15) is 0 Å². The molecule has 0 aliphatic heterocycles. The molecule has 204 valence electrons. The molecule has 0 aromatic heterocycles. The van der Waals surface area contributed by atoms with Crippen LogP contribution in [0.15, 0.2) is 170 Å². The van der Waals surface area contributed by atoms with E-state index in [-0.39, 0.29) is 5.82 Å². The Morgan fingerprint density at radius 3 is 1.49 bits per heavy atom. The van der Waals surface area contributed by atoms with E-state index in [0.717, 1.165) is 61.2 Å². The lowest BCUT2D eigenvalue weighted by molar-refractivity contribution is 0.621. The highest BCUT2D eigenvalue weighted by Crippen LogP contribution is 2.59. The summed E-state index contributed by atoms with van der Waals surface area (Å²) in [6.45, 7) is 0. The first-order valence-electron chi connectivity index (χ1n) is 14.6. The van der Waals surface area contributed by atoms with Crippen LogP contribution in [0, 0.1) is 5.82 Å². The maximum atomic E-state index is 15.3. The third-order valence-corrected chi connectivity index (χ3v) is 8.77. The zero-order valence-electron chi connectivity index (χ0n) is 23.5. The molecule has 0 bridgehead atoms. The first kappa shape index (κ1) is 25.3. The lowest BCUT2D eigenvalue weighted by Crippen LogP contribution is -2.29. The molecular formula is C41H28FN. The number of hydrogen-bond donors (Lipinski definition) is 0. The fourth-order valence-corrected chi connectivity index (χ4v) is 7.06. The Labute approximate surface area is 251 Å². The summed E-state index contributed by atoms with van der Waals surface area (Å²) in [6.07, 6.45) is 0. The second-order valence-corrected chi connectivity index (χ2v) is 11.0. The SMILES string of the molecule is Fc1ccc2c(c1)C(c1ccccc1)(c1ccccc1)c1cc(N(c3ccccc3)c3ccccc3)c3ccccc3c1-2. The molecule has 0 unspecified atom stereocenters. The number of anilines is 3. The lowest BCUT2D eigenvalue weighted by atomic mass is 9.67. The molecule has 43 heavy (non-hydrogen) atoms. The van der Waals surface area contributed by atoms with E-state index in [1.54, 1.807) is 12.1 Å². The van der Waals surface area contributed by atoms with Gasteiger partial charge in [-0.2, -0.15) is 0 Å². The van der Waals surface area contributed by atoms with E-state index in [4.69, 9.17) is 0 Å². The maximum Gasteiger partial charge on any atom is 0.123 e. The second kappa shape index (κ2) is 10.1. The van der Waals surface area contributed by atoms with Crippen molar-refractivity contribution in [1.82, 2.24) is 0 Å². The van der Waals surface area contributed by atoms with Gasteiger partial charge in [0.05, 0.1) is 11.1 Å². The van der Waals surface area contributed by atoms with E-state index in [1.807, 2.05) is 18.2 Å². The minimum Gasteiger partial charge on any atom is -0.310 e. The van der Waals surface area contributed by atoms with Gasteiger partial charge in [-0.3, -0.25) is 0 Å². The van der Waals surface area contributed by atoms with Crippen LogP contribution < -0.4 is 4.90 Å². The fraction of sp³-hybridized carbons (Fsp3) is 0.0244. The smallest absolute Gasteiger partial charge is 0.123 e. The van der Waals surface area contributed by atoms with Crippen LogP contribution in [-0.2, 0) is 5.41 Å². The van der Waals surface area contributed by atoms with Crippen molar-refractivity contribution >= 4 is 27.8 Å². The molecular weight excluding hydrogens is 525 g/mol. The second-order valence-electron chi connectivity index (χ2n) is 11.0. The van der Waals surface area contributed by atoms with Gasteiger partial charge in [0, 0.05) is 16.8 Å². The van der Waals surface area contributed by atoms with Crippen LogP contribution in [0.4, 0.5) is 21.5 Å². The number of fused-ring (bicyclic) bond motifs is 5. The Morgan fingerprint density at radius 1 is 0.442 bits per heavy atom. The third-order valence-electron chi connectivity index (χ3n) is 8.77. The first-order chi connectivity index (χ1) is 21.3. The zero-order chi connectivity index (χ0) is 28.8. The summed E-state index contributed by atoms with van der Waals surface area (Å²) < 4.78 is 15.3. The molecule has 8 rings (SSSR count). The van der Waals surface area contributed by atoms with Crippen molar-refractivity contribution in [3.63, 3.8) is 0 Å². The normalized spacial score (nSPS) is 13.0. The summed E-state index contributed by atoms with van der Waals surface area (Å²) in [5, 5.41) is 2.29. The van der Waals surface area contributed by atoms with Gasteiger partial charge >= 0.3 is 0 Å². The minimum atomic E-state index is -0.715. The van der Waals surface area contributed by atoms with Gasteiger partial charge in [-0.05, 0) is 81.2 Å². The molecule has 2 heteroatoms. The third kappa shape index (κ3) is 3.84. The van der Waals surface area contributed by atoms with E-state index in [2.05, 4.69) is 144 Å². The molecule has 0 fully saturated rings. The van der Waals surface area contributed by atoms with Crippen molar-refractivity contribution in [1.29, 1.82) is 0 Å². The van der Waals surface area contributed by atoms with Gasteiger partial charge in [-0.15, -0.1) is 0 Å². The highest BCUT2D eigenvalue weighted by atomic mass is 19.1. The molecule has 0 N–H and O–H groups in total. The average Bonchev–Trinajstić information content (AvgIpc) is 3.37. The number of nitrogens with zero attached hydrogens (tertiary/aromatic N) is 1. The molecule has 1 aliphatic rings. The highest BCUT2D eigenvalue weighted by molar-refractivity contribution is 6.10. The van der Waals surface area contributed by atoms with Crippen molar-refractivity contribution in [3.05, 3.63) is 198 Å². The minimum absolute atomic E-state index is 0.234. The summed E-state index contributed by atoms with van der Waals surface area (Å²) in [4.78, 5) is 2.34. The molecule has 0 heterocycles. The van der Waals surface area contributed by atoms with E-state index >= 15 is 4.39 Å². The standard InChI is InChI=1S/C41H28FN/c42-31-25-26-36-37(27-31)41(29-15-5-1-6-16-29,30-17-7-2-8-18-30)38-28-39(34-23-13-14-24-35(34)40(36)38)43(32-19-9-3-10-20-32)33-21-11-4-12-22-33/h1-28H. The number of para-hydroxylation sites is 2. The zero-order valence-corrected chi connectivity index (χ0v) is 23.5. The number of benzene rings is 7. The fourth-order valence-electron chi connectivity index (χ4n) is 7.06. The van der Waals surface area contributed by atoms with Crippen LogP contribution in [0.1, 0.15) is 22.3 Å². The van der Waals surface area contributed by atoms with E-state index in [1.165, 1.54) is 0 Å². The topological polar surface area (TPSA) is 3.24 Å². The van der Waals surface area contributed by atoms with Crippen LogP contribution in [0.25, 0.3) is 21.9 Å². The molecule has 0 amide bonds. The predicted molar refractivity (Wildman–Crippen MR) is 176 cm³/mol. The summed E-state index contributed by atoms with van der Waals surface area (Å²) in [5.74, 6) is -0.234. The van der Waals surface area contributed by atoms with Gasteiger partial charge in [0.2, 0.25) is 0 Å². The van der Waals surface area contributed by atoms with Crippen LogP contribution in [0.5, 0.6) is 0 Å². The largest absolute Gasteiger partial charge is 0.310 e. The first-order valence-corrected chi connectivity index (χ1v) is 14.6. The average molecular weight is 554 g/mol. The van der Waals surface area contributed by atoms with Gasteiger partial charge in [0.1, 0.15) is 5.82 Å². The van der Waals surface area contributed by atoms with Crippen LogP contribution in [0.2, 0.25) is 0 Å². The number of rotatable bonds is 5. The Hall–Kier alpha value is -5.47. The maximum absolute atomic E-state index is 15.3. The van der Waals surface area contributed by atoms with E-state index < -0.39 is 5.41 Å². The summed E-state index contributed by atoms with van der Waals surface area (Å²) in [6, 6.07) is 58.5. The Bertz CT molecular complexity index is 1990. The molecule has 0 radical (unpaired) electrons. The molecule has 7 aromatic carbocycles. The van der Waals surface area contributed by atoms with E-state index in [0.29, 0.717) is 0 Å². The summed E-state index contributed by atoms with van der Waals surface area (Å²) >= 11 is 0. The molecule has 1 aliphatic carbocycles. The molecule has 0 saturated heterocycles. The van der Waals surface area contributed by atoms with Gasteiger partial charge < -0.3 is 4.90 Å². The molecule has 0 spiro atoms. The van der Waals surface area contributed by atoms with Crippen molar-refractivity contribution in [3.8, 4) is 11.1 Å². The highest BCUT2D eigenvalue weighted by Gasteiger charge is 2.47. The number of halogens is 1. The van der Waals surface area contributed by atoms with Crippen molar-refractivity contribution in [2.45, 2.75) is 5.41 Å². The molecule has 7 aromatic rings. The molecule has 0 atom stereocenters. The lowest BCUT2D eigenvalue weighted by Gasteiger charge is -2.35. The van der Waals surface area contributed by atoms with Gasteiger partial charge in [0.15, 0.2) is 0 Å². The summed E-state index contributed by atoms with van der Waals surface area (Å²) in [5.41, 5.74) is 9.07. The van der Waals surface area contributed by atoms with Crippen LogP contribution in [0.3, 0.4) is 0 Å². The Morgan fingerprint density at radius 2 is 0.930 bits per heavy atom. The molecule has 0 saturated carbocycles. The monoisotopic (exact) mass is 553 g/mol. The van der Waals surface area contributed by atoms with Crippen LogP contribution >= 0.6 is 0 Å². The Balaban J connectivity index is 1.56. The van der Waals surface area contributed by atoms with Gasteiger partial charge in [0.25, 0.3) is 0 Å². The summed E-state index contributed by atoms with van der Waals surface area (Å²) in [7, 11) is 0. The molecule has 1 nitrogen and oxygen atoms in total. The van der Waals surface area contributed by atoms with Crippen molar-refractivity contribution < 1.29 is 4.39 Å². The van der Waals surface area contributed by atoms with Gasteiger partial charge in [-0.1, -0.05) is 127 Å². The quantitative estimate of drug-likeness (QED) is 0.205. The van der Waals surface area contributed by atoms with Gasteiger partial charge in [-0.25, -0.2) is 4.39 Å². The Kier molecular flexibility index (Phi) is 5.94. The van der Waals surface area contributed by atoms with Crippen molar-refractivity contribution in [2.24, 2.45) is 0 Å². The van der Waals surface area contributed by atoms with Crippen LogP contribution in [-0.4, -0.2) is 0 Å². The predicted octanol–water partition coefficient (Wildman–Crippen LogP) is 10.8. The van der Waals surface area contributed by atoms with Crippen molar-refractivity contribution in [2.75, 3.05) is 4.90 Å².